The second kappa shape index (κ2) is 10.4. The van der Waals surface area contributed by atoms with Crippen LogP contribution in [0.2, 0.25) is 0 Å². The number of carbonyl (C=O) groups excluding carboxylic acids is 2. The summed E-state index contributed by atoms with van der Waals surface area (Å²) in [5.74, 6) is -1.15. The van der Waals surface area contributed by atoms with Gasteiger partial charge >= 0.3 is 5.97 Å². The third-order valence-electron chi connectivity index (χ3n) is 8.30. The van der Waals surface area contributed by atoms with Crippen molar-refractivity contribution >= 4 is 22.8 Å². The van der Waals surface area contributed by atoms with Gasteiger partial charge in [0.05, 0.1) is 35.1 Å². The molecule has 2 atom stereocenters. The summed E-state index contributed by atoms with van der Waals surface area (Å²) in [5.41, 5.74) is 3.78. The molecule has 0 radical (unpaired) electrons. The summed E-state index contributed by atoms with van der Waals surface area (Å²) in [5, 5.41) is 3.88. The van der Waals surface area contributed by atoms with E-state index < -0.39 is 11.6 Å². The molecule has 40 heavy (non-hydrogen) atoms. The molecule has 3 aliphatic rings. The molecule has 1 aliphatic carbocycles. The van der Waals surface area contributed by atoms with E-state index >= 15 is 0 Å². The van der Waals surface area contributed by atoms with Crippen LogP contribution in [0.4, 0.5) is 4.39 Å². The average molecular weight is 552 g/mol. The maximum Gasteiger partial charge on any atom is 0.343 e. The maximum absolute atomic E-state index is 15.0. The number of carbonyl (C=O) groups is 2. The van der Waals surface area contributed by atoms with Crippen LogP contribution in [-0.4, -0.2) is 42.3 Å². The first-order chi connectivity index (χ1) is 19.2. The molecule has 2 aromatic heterocycles. The lowest BCUT2D eigenvalue weighted by atomic mass is 9.81. The van der Waals surface area contributed by atoms with E-state index in [4.69, 9.17) is 19.2 Å². The fourth-order valence-corrected chi connectivity index (χ4v) is 6.39. The van der Waals surface area contributed by atoms with E-state index in [-0.39, 0.29) is 49.5 Å². The van der Waals surface area contributed by atoms with Gasteiger partial charge in [-0.15, -0.1) is 0 Å². The number of amides is 1. The molecule has 2 unspecified atom stereocenters. The number of esters is 1. The van der Waals surface area contributed by atoms with Crippen molar-refractivity contribution in [1.82, 2.24) is 14.9 Å². The molecular formula is C30H34FN3O6. The van der Waals surface area contributed by atoms with Gasteiger partial charge in [-0.05, 0) is 48.9 Å². The first-order valence-corrected chi connectivity index (χ1v) is 13.7. The summed E-state index contributed by atoms with van der Waals surface area (Å²) in [4.78, 5) is 44.0. The zero-order valence-corrected chi connectivity index (χ0v) is 23.7. The van der Waals surface area contributed by atoms with Gasteiger partial charge < -0.3 is 24.1 Å². The molecule has 4 heterocycles. The maximum atomic E-state index is 15.0. The molecule has 1 aromatic carbocycles. The molecule has 0 saturated carbocycles. The molecule has 2 aliphatic heterocycles. The molecule has 1 amide bonds. The van der Waals surface area contributed by atoms with Gasteiger partial charge in [0.1, 0.15) is 19.0 Å². The lowest BCUT2D eigenvalue weighted by Gasteiger charge is -2.35. The predicted molar refractivity (Wildman–Crippen MR) is 146 cm³/mol. The van der Waals surface area contributed by atoms with Crippen LogP contribution < -0.4 is 10.9 Å². The van der Waals surface area contributed by atoms with Gasteiger partial charge in [-0.1, -0.05) is 20.8 Å². The minimum absolute atomic E-state index is 0.0846. The molecule has 9 nitrogen and oxygen atoms in total. The Kier molecular flexibility index (Phi) is 7.26. The minimum Gasteiger partial charge on any atom is -0.458 e. The molecule has 0 saturated heterocycles. The Hall–Kier alpha value is -3.63. The number of aryl methyl sites for hydroxylation is 1. The number of nitrogens with one attached hydrogen (secondary N) is 1. The van der Waals surface area contributed by atoms with E-state index in [1.54, 1.807) is 24.5 Å². The second-order valence-electron chi connectivity index (χ2n) is 10.1. The molecular weight excluding hydrogens is 517 g/mol. The monoisotopic (exact) mass is 551 g/mol. The molecule has 3 aromatic rings. The number of halogens is 1. The highest BCUT2D eigenvalue weighted by molar-refractivity contribution is 5.94. The standard InChI is InChI=1S/C28H28FN3O6.C2H6/c1-5-28(37-4)17-8-21-25-15(10-32(21)26(34)16(17)11-38-27(28)35)24-19(30-22(33)12-36-3)7-6-14-13(2)18(29)9-20(31-25)23(14)24;1-2/h8-9,19H,5-7,10-12H2,1-4H3,(H,30,33);1-2H3. The van der Waals surface area contributed by atoms with Crippen molar-refractivity contribution in [2.45, 2.75) is 71.8 Å². The van der Waals surface area contributed by atoms with E-state index in [2.05, 4.69) is 5.32 Å². The molecule has 6 rings (SSSR count). The number of hydrogen-bond acceptors (Lipinski definition) is 7. The summed E-state index contributed by atoms with van der Waals surface area (Å²) < 4.78 is 32.7. The fraction of sp³-hybridized carbons (Fsp3) is 0.467. The van der Waals surface area contributed by atoms with E-state index in [9.17, 15) is 18.8 Å². The summed E-state index contributed by atoms with van der Waals surface area (Å²) in [7, 11) is 2.88. The average Bonchev–Trinajstić information content (AvgIpc) is 3.32. The Morgan fingerprint density at radius 1 is 1.23 bits per heavy atom. The summed E-state index contributed by atoms with van der Waals surface area (Å²) >= 11 is 0. The van der Waals surface area contributed by atoms with E-state index in [1.165, 1.54) is 20.3 Å². The number of rotatable bonds is 5. The third-order valence-corrected chi connectivity index (χ3v) is 8.30. The van der Waals surface area contributed by atoms with Crippen molar-refractivity contribution in [3.63, 3.8) is 0 Å². The smallest absolute Gasteiger partial charge is 0.343 e. The lowest BCUT2D eigenvalue weighted by Crippen LogP contribution is -2.45. The quantitative estimate of drug-likeness (QED) is 0.374. The highest BCUT2D eigenvalue weighted by Crippen LogP contribution is 2.46. The van der Waals surface area contributed by atoms with Gasteiger partial charge in [0.15, 0.2) is 5.60 Å². The third kappa shape index (κ3) is 3.88. The number of fused-ring (bicyclic) bond motifs is 5. The van der Waals surface area contributed by atoms with Gasteiger partial charge in [0.25, 0.3) is 5.56 Å². The van der Waals surface area contributed by atoms with Crippen molar-refractivity contribution in [3.05, 3.63) is 61.7 Å². The minimum atomic E-state index is -1.40. The van der Waals surface area contributed by atoms with E-state index in [0.717, 1.165) is 22.1 Å². The van der Waals surface area contributed by atoms with Crippen LogP contribution in [0, 0.1) is 12.7 Å². The van der Waals surface area contributed by atoms with Gasteiger partial charge in [-0.2, -0.15) is 0 Å². The lowest BCUT2D eigenvalue weighted by molar-refractivity contribution is -0.176. The largest absolute Gasteiger partial charge is 0.458 e. The zero-order chi connectivity index (χ0) is 28.9. The highest BCUT2D eigenvalue weighted by Gasteiger charge is 2.47. The van der Waals surface area contributed by atoms with Crippen molar-refractivity contribution < 1.29 is 28.2 Å². The second-order valence-corrected chi connectivity index (χ2v) is 10.1. The normalized spacial score (nSPS) is 20.2. The Balaban J connectivity index is 0.00000158. The molecule has 0 fully saturated rings. The van der Waals surface area contributed by atoms with Crippen LogP contribution in [0.15, 0.2) is 16.9 Å². The van der Waals surface area contributed by atoms with Crippen LogP contribution in [0.1, 0.15) is 73.0 Å². The highest BCUT2D eigenvalue weighted by atomic mass is 19.1. The molecule has 212 valence electrons. The number of pyridine rings is 2. The zero-order valence-electron chi connectivity index (χ0n) is 23.7. The van der Waals surface area contributed by atoms with Crippen molar-refractivity contribution in [2.24, 2.45) is 0 Å². The van der Waals surface area contributed by atoms with Crippen LogP contribution in [0.25, 0.3) is 22.3 Å². The van der Waals surface area contributed by atoms with Crippen LogP contribution in [-0.2, 0) is 49.0 Å². The van der Waals surface area contributed by atoms with Crippen LogP contribution in [0.5, 0.6) is 0 Å². The van der Waals surface area contributed by atoms with Crippen molar-refractivity contribution in [2.75, 3.05) is 20.8 Å². The SMILES string of the molecule is CC.CCC1(OC)C(=O)OCc2c1cc1n(c2=O)Cc2c-1nc1cc(F)c(C)c3c1c2C(NC(=O)COC)CC3. The summed E-state index contributed by atoms with van der Waals surface area (Å²) in [6, 6.07) is 2.85. The Morgan fingerprint density at radius 3 is 2.65 bits per heavy atom. The number of nitrogens with zero attached hydrogens (tertiary/aromatic N) is 2. The molecule has 0 bridgehead atoms. The van der Waals surface area contributed by atoms with Crippen LogP contribution >= 0.6 is 0 Å². The number of cyclic esters (lactones) is 1. The number of benzene rings is 1. The Bertz CT molecular complexity index is 1610. The predicted octanol–water partition coefficient (Wildman–Crippen LogP) is 3.96. The Labute approximate surface area is 231 Å². The van der Waals surface area contributed by atoms with Gasteiger partial charge in [-0.3, -0.25) is 9.59 Å². The topological polar surface area (TPSA) is 109 Å². The fourth-order valence-electron chi connectivity index (χ4n) is 6.39. The molecule has 0 spiro atoms. The first kappa shape index (κ1) is 27.9. The number of methoxy groups -OCH3 is 2. The van der Waals surface area contributed by atoms with Crippen LogP contribution in [0.3, 0.4) is 0 Å². The summed E-state index contributed by atoms with van der Waals surface area (Å²) in [6.45, 7) is 7.57. The van der Waals surface area contributed by atoms with E-state index in [0.29, 0.717) is 46.4 Å². The van der Waals surface area contributed by atoms with Gasteiger partial charge in [0.2, 0.25) is 5.91 Å². The Morgan fingerprint density at radius 2 is 1.98 bits per heavy atom. The number of aromatic nitrogens is 2. The van der Waals surface area contributed by atoms with Crippen molar-refractivity contribution in [3.8, 4) is 11.4 Å². The molecule has 1 N–H and O–H groups in total. The van der Waals surface area contributed by atoms with Gasteiger partial charge in [0, 0.05) is 36.8 Å². The van der Waals surface area contributed by atoms with Gasteiger partial charge in [-0.25, -0.2) is 14.2 Å². The van der Waals surface area contributed by atoms with E-state index in [1.807, 2.05) is 13.8 Å². The number of hydrogen-bond donors (Lipinski definition) is 1. The van der Waals surface area contributed by atoms with Crippen molar-refractivity contribution in [1.29, 1.82) is 0 Å². The summed E-state index contributed by atoms with van der Waals surface area (Å²) in [6.07, 6.45) is 1.44. The first-order valence-electron chi connectivity index (χ1n) is 13.7. The number of ether oxygens (including phenoxy) is 3. The molecule has 10 heteroatoms.